The van der Waals surface area contributed by atoms with E-state index < -0.39 is 17.7 Å². The molecular formula is C27H22ClNO5. The van der Waals surface area contributed by atoms with Gasteiger partial charge in [-0.2, -0.15) is 0 Å². The highest BCUT2D eigenvalue weighted by atomic mass is 35.5. The Balaban J connectivity index is 1.85. The van der Waals surface area contributed by atoms with E-state index in [4.69, 9.17) is 16.3 Å². The van der Waals surface area contributed by atoms with E-state index in [1.807, 2.05) is 31.2 Å². The summed E-state index contributed by atoms with van der Waals surface area (Å²) >= 11 is 5.97. The van der Waals surface area contributed by atoms with Crippen LogP contribution >= 0.6 is 11.6 Å². The molecule has 1 atom stereocenters. The summed E-state index contributed by atoms with van der Waals surface area (Å²) in [4.78, 5) is 39.4. The third-order valence-electron chi connectivity index (χ3n) is 5.71. The normalized spacial score (nSPS) is 17.1. The molecule has 1 amide bonds. The lowest BCUT2D eigenvalue weighted by Gasteiger charge is -2.26. The molecular weight excluding hydrogens is 454 g/mol. The van der Waals surface area contributed by atoms with Crippen LogP contribution < -0.4 is 4.90 Å². The summed E-state index contributed by atoms with van der Waals surface area (Å²) in [6, 6.07) is 19.8. The number of Topliss-reactive ketones (excluding diaryl/α,β-unsaturated/α-hetero) is 1. The number of aliphatic hydroxyl groups excluding tert-OH is 1. The van der Waals surface area contributed by atoms with Gasteiger partial charge in [0, 0.05) is 16.3 Å². The maximum absolute atomic E-state index is 13.2. The minimum Gasteiger partial charge on any atom is -0.507 e. The number of methoxy groups -OCH3 is 1. The number of benzene rings is 3. The van der Waals surface area contributed by atoms with E-state index in [-0.39, 0.29) is 23.7 Å². The number of aryl methyl sites for hydroxylation is 1. The van der Waals surface area contributed by atoms with Crippen molar-refractivity contribution in [3.63, 3.8) is 0 Å². The maximum atomic E-state index is 13.2. The zero-order valence-corrected chi connectivity index (χ0v) is 19.4. The molecule has 1 unspecified atom stereocenters. The van der Waals surface area contributed by atoms with Gasteiger partial charge >= 0.3 is 5.97 Å². The van der Waals surface area contributed by atoms with Crippen LogP contribution in [0.5, 0.6) is 0 Å². The maximum Gasteiger partial charge on any atom is 0.309 e. The molecule has 7 heteroatoms. The lowest BCUT2D eigenvalue weighted by Crippen LogP contribution is -2.29. The van der Waals surface area contributed by atoms with Crippen LogP contribution in [0.25, 0.3) is 5.76 Å². The number of nitrogens with zero attached hydrogens (tertiary/aromatic N) is 1. The zero-order valence-electron chi connectivity index (χ0n) is 18.6. The van der Waals surface area contributed by atoms with Gasteiger partial charge in [0.15, 0.2) is 0 Å². The van der Waals surface area contributed by atoms with Gasteiger partial charge in [0.1, 0.15) is 5.76 Å². The van der Waals surface area contributed by atoms with E-state index in [1.165, 1.54) is 12.0 Å². The molecule has 172 valence electrons. The number of esters is 1. The van der Waals surface area contributed by atoms with Crippen LogP contribution in [0.1, 0.15) is 28.3 Å². The molecule has 34 heavy (non-hydrogen) atoms. The molecule has 0 aromatic heterocycles. The summed E-state index contributed by atoms with van der Waals surface area (Å²) in [6.07, 6.45) is 0.0907. The summed E-state index contributed by atoms with van der Waals surface area (Å²) in [5, 5.41) is 11.6. The van der Waals surface area contributed by atoms with E-state index in [9.17, 15) is 19.5 Å². The predicted molar refractivity (Wildman–Crippen MR) is 130 cm³/mol. The summed E-state index contributed by atoms with van der Waals surface area (Å²) in [7, 11) is 1.32. The van der Waals surface area contributed by atoms with Crippen molar-refractivity contribution < 1.29 is 24.2 Å². The second-order valence-electron chi connectivity index (χ2n) is 8.01. The molecule has 1 aliphatic heterocycles. The molecule has 0 saturated carbocycles. The van der Waals surface area contributed by atoms with Gasteiger partial charge in [-0.1, -0.05) is 53.6 Å². The first-order valence-electron chi connectivity index (χ1n) is 10.6. The fraction of sp³-hybridized carbons (Fsp3) is 0.148. The van der Waals surface area contributed by atoms with E-state index in [0.717, 1.165) is 5.56 Å². The van der Waals surface area contributed by atoms with E-state index in [2.05, 4.69) is 0 Å². The number of hydrogen-bond donors (Lipinski definition) is 1. The largest absolute Gasteiger partial charge is 0.507 e. The average molecular weight is 476 g/mol. The number of aliphatic hydroxyl groups is 1. The van der Waals surface area contributed by atoms with E-state index in [0.29, 0.717) is 27.4 Å². The fourth-order valence-electron chi connectivity index (χ4n) is 4.03. The summed E-state index contributed by atoms with van der Waals surface area (Å²) in [5.41, 5.74) is 3.19. The molecule has 1 fully saturated rings. The number of ketones is 1. The molecule has 0 spiro atoms. The molecule has 0 aliphatic carbocycles. The Kier molecular flexibility index (Phi) is 6.52. The van der Waals surface area contributed by atoms with Crippen LogP contribution in [0, 0.1) is 6.92 Å². The quantitative estimate of drug-likeness (QED) is 0.243. The van der Waals surface area contributed by atoms with Crippen molar-refractivity contribution in [1.29, 1.82) is 0 Å². The molecule has 0 radical (unpaired) electrons. The summed E-state index contributed by atoms with van der Waals surface area (Å²) < 4.78 is 4.70. The van der Waals surface area contributed by atoms with Crippen LogP contribution in [0.2, 0.25) is 5.02 Å². The SMILES string of the molecule is COC(=O)Cc1ccc(N2C(=O)C(=O)/C(=C(\O)c3ccc(Cl)cc3)C2c2cccc(C)c2)cc1. The van der Waals surface area contributed by atoms with E-state index in [1.54, 1.807) is 48.5 Å². The number of halogens is 1. The topological polar surface area (TPSA) is 83.9 Å². The van der Waals surface area contributed by atoms with Crippen LogP contribution in [0.15, 0.2) is 78.4 Å². The molecule has 1 aliphatic rings. The minimum atomic E-state index is -0.831. The first kappa shape index (κ1) is 23.3. The molecule has 4 rings (SSSR count). The third-order valence-corrected chi connectivity index (χ3v) is 5.96. The average Bonchev–Trinajstić information content (AvgIpc) is 3.10. The molecule has 3 aromatic rings. The van der Waals surface area contributed by atoms with Crippen LogP contribution in [0.3, 0.4) is 0 Å². The molecule has 0 bridgehead atoms. The van der Waals surface area contributed by atoms with Crippen molar-refractivity contribution in [2.75, 3.05) is 12.0 Å². The fourth-order valence-corrected chi connectivity index (χ4v) is 4.16. The highest BCUT2D eigenvalue weighted by Crippen LogP contribution is 2.42. The first-order chi connectivity index (χ1) is 16.3. The second kappa shape index (κ2) is 9.53. The summed E-state index contributed by atoms with van der Waals surface area (Å²) in [6.45, 7) is 1.91. The van der Waals surface area contributed by atoms with Crippen LogP contribution in [0.4, 0.5) is 5.69 Å². The zero-order chi connectivity index (χ0) is 24.4. The molecule has 6 nitrogen and oxygen atoms in total. The highest BCUT2D eigenvalue weighted by Gasteiger charge is 2.47. The first-order valence-corrected chi connectivity index (χ1v) is 11.0. The van der Waals surface area contributed by atoms with Gasteiger partial charge in [-0.3, -0.25) is 19.3 Å². The Hall–Kier alpha value is -3.90. The van der Waals surface area contributed by atoms with Gasteiger partial charge in [-0.05, 0) is 54.4 Å². The van der Waals surface area contributed by atoms with Crippen molar-refractivity contribution in [2.24, 2.45) is 0 Å². The number of carbonyl (C=O) groups is 3. The number of hydrogen-bond acceptors (Lipinski definition) is 5. The van der Waals surface area contributed by atoms with Crippen LogP contribution in [-0.4, -0.2) is 29.9 Å². The lowest BCUT2D eigenvalue weighted by molar-refractivity contribution is -0.139. The Morgan fingerprint density at radius 3 is 2.32 bits per heavy atom. The van der Waals surface area contributed by atoms with Gasteiger partial charge in [-0.25, -0.2) is 0 Å². The second-order valence-corrected chi connectivity index (χ2v) is 8.45. The van der Waals surface area contributed by atoms with Gasteiger partial charge < -0.3 is 9.84 Å². The smallest absolute Gasteiger partial charge is 0.309 e. The number of ether oxygens (including phenoxy) is 1. The van der Waals surface area contributed by atoms with Crippen molar-refractivity contribution in [1.82, 2.24) is 0 Å². The number of amides is 1. The number of carbonyl (C=O) groups excluding carboxylic acids is 3. The lowest BCUT2D eigenvalue weighted by atomic mass is 9.94. The monoisotopic (exact) mass is 475 g/mol. The Bertz CT molecular complexity index is 1300. The van der Waals surface area contributed by atoms with Crippen molar-refractivity contribution in [3.8, 4) is 0 Å². The van der Waals surface area contributed by atoms with Gasteiger partial charge in [0.25, 0.3) is 11.7 Å². The standard InChI is InChI=1S/C27H22ClNO5/c1-16-4-3-5-19(14-16)24-23(25(31)18-8-10-20(28)11-9-18)26(32)27(33)29(24)21-12-6-17(7-13-21)15-22(30)34-2/h3-14,24,31H,15H2,1-2H3/b25-23-. The molecule has 3 aromatic carbocycles. The molecule has 1 N–H and O–H groups in total. The number of rotatable bonds is 5. The Labute approximate surface area is 202 Å². The summed E-state index contributed by atoms with van der Waals surface area (Å²) in [5.74, 6) is -2.18. The Morgan fingerprint density at radius 2 is 1.71 bits per heavy atom. The van der Waals surface area contributed by atoms with Crippen molar-refractivity contribution >= 4 is 40.7 Å². The highest BCUT2D eigenvalue weighted by molar-refractivity contribution is 6.51. The van der Waals surface area contributed by atoms with Gasteiger partial charge in [0.2, 0.25) is 0 Å². The van der Waals surface area contributed by atoms with Crippen LogP contribution in [-0.2, 0) is 25.5 Å². The molecule has 1 saturated heterocycles. The third kappa shape index (κ3) is 4.45. The van der Waals surface area contributed by atoms with E-state index >= 15 is 0 Å². The minimum absolute atomic E-state index is 0.00319. The van der Waals surface area contributed by atoms with Crippen molar-refractivity contribution in [3.05, 3.63) is 106 Å². The van der Waals surface area contributed by atoms with Crippen molar-refractivity contribution in [2.45, 2.75) is 19.4 Å². The predicted octanol–water partition coefficient (Wildman–Crippen LogP) is 4.99. The van der Waals surface area contributed by atoms with Gasteiger partial charge in [0.05, 0.1) is 25.1 Å². The Morgan fingerprint density at radius 1 is 1.03 bits per heavy atom. The van der Waals surface area contributed by atoms with Gasteiger partial charge in [-0.15, -0.1) is 0 Å². The number of anilines is 1. The molecule has 1 heterocycles.